The summed E-state index contributed by atoms with van der Waals surface area (Å²) in [5.74, 6) is -0.688. The highest BCUT2D eigenvalue weighted by Crippen LogP contribution is 2.34. The molecule has 0 radical (unpaired) electrons. The molecule has 17 heavy (non-hydrogen) atoms. The van der Waals surface area contributed by atoms with Crippen LogP contribution in [0.25, 0.3) is 0 Å². The van der Waals surface area contributed by atoms with Crippen molar-refractivity contribution < 1.29 is 17.9 Å². The monoisotopic (exact) mass is 274 g/mol. The molecule has 0 N–H and O–H groups in total. The minimum absolute atomic E-state index is 0.0863. The molecule has 2 rings (SSSR count). The number of hydrogen-bond acceptors (Lipinski definition) is 4. The third kappa shape index (κ3) is 1.83. The second-order valence-electron chi connectivity index (χ2n) is 4.07. The first-order valence-electron chi connectivity index (χ1n) is 5.05. The molecule has 1 unspecified atom stereocenters. The molecule has 1 atom stereocenters. The van der Waals surface area contributed by atoms with Crippen LogP contribution in [-0.2, 0) is 19.4 Å². The third-order valence-electron chi connectivity index (χ3n) is 2.96. The van der Waals surface area contributed by atoms with Gasteiger partial charge in [0.25, 0.3) is 0 Å². The number of carbonyl (C=O) groups excluding carboxylic acids is 1. The van der Waals surface area contributed by atoms with Crippen molar-refractivity contribution in [3.8, 4) is 0 Å². The molecule has 1 aliphatic heterocycles. The highest BCUT2D eigenvalue weighted by Gasteiger charge is 2.51. The van der Waals surface area contributed by atoms with Gasteiger partial charge in [0, 0.05) is 11.4 Å². The maximum absolute atomic E-state index is 12.3. The highest BCUT2D eigenvalue weighted by molar-refractivity contribution is 7.93. The standard InChI is InChI=1S/C11H11ClO4S/c1-11(6-7-16-10(11)13)17(14,15)9-4-2-8(12)3-5-9/h2-5H,6-7H2,1H3. The van der Waals surface area contributed by atoms with Crippen LogP contribution in [0.5, 0.6) is 0 Å². The van der Waals surface area contributed by atoms with Crippen molar-refractivity contribution in [3.63, 3.8) is 0 Å². The summed E-state index contributed by atoms with van der Waals surface area (Å²) in [6.07, 6.45) is 0.177. The molecule has 6 heteroatoms. The van der Waals surface area contributed by atoms with Crippen LogP contribution in [0.4, 0.5) is 0 Å². The Balaban J connectivity index is 2.50. The minimum atomic E-state index is -3.74. The average molecular weight is 275 g/mol. The Morgan fingerprint density at radius 3 is 2.35 bits per heavy atom. The van der Waals surface area contributed by atoms with E-state index in [9.17, 15) is 13.2 Å². The van der Waals surface area contributed by atoms with Gasteiger partial charge >= 0.3 is 5.97 Å². The molecule has 92 valence electrons. The molecule has 1 aliphatic rings. The van der Waals surface area contributed by atoms with Crippen LogP contribution < -0.4 is 0 Å². The number of halogens is 1. The normalized spacial score (nSPS) is 24.7. The SMILES string of the molecule is CC1(S(=O)(=O)c2ccc(Cl)cc2)CCOC1=O. The number of sulfone groups is 1. The zero-order chi connectivity index (χ0) is 12.7. The Morgan fingerprint density at radius 1 is 1.29 bits per heavy atom. The van der Waals surface area contributed by atoms with E-state index in [1.165, 1.54) is 31.2 Å². The van der Waals surface area contributed by atoms with Crippen LogP contribution in [0, 0.1) is 0 Å². The molecule has 1 heterocycles. The first kappa shape index (κ1) is 12.4. The van der Waals surface area contributed by atoms with Crippen molar-refractivity contribution in [3.05, 3.63) is 29.3 Å². The number of benzene rings is 1. The van der Waals surface area contributed by atoms with Crippen LogP contribution in [0.15, 0.2) is 29.2 Å². The molecule has 1 aromatic carbocycles. The number of carbonyl (C=O) groups is 1. The quantitative estimate of drug-likeness (QED) is 0.772. The fourth-order valence-corrected chi connectivity index (χ4v) is 3.48. The van der Waals surface area contributed by atoms with Crippen LogP contribution in [-0.4, -0.2) is 25.7 Å². The van der Waals surface area contributed by atoms with Gasteiger partial charge in [-0.25, -0.2) is 8.42 Å². The molecule has 0 aromatic heterocycles. The van der Waals surface area contributed by atoms with Crippen LogP contribution >= 0.6 is 11.6 Å². The average Bonchev–Trinajstić information content (AvgIpc) is 2.61. The molecule has 4 nitrogen and oxygen atoms in total. The number of hydrogen-bond donors (Lipinski definition) is 0. The van der Waals surface area contributed by atoms with Gasteiger partial charge in [0.05, 0.1) is 11.5 Å². The van der Waals surface area contributed by atoms with Crippen molar-refractivity contribution in [2.24, 2.45) is 0 Å². The fraction of sp³-hybridized carbons (Fsp3) is 0.364. The first-order valence-corrected chi connectivity index (χ1v) is 6.91. The lowest BCUT2D eigenvalue weighted by Crippen LogP contribution is -2.39. The van der Waals surface area contributed by atoms with E-state index >= 15 is 0 Å². The topological polar surface area (TPSA) is 60.4 Å². The van der Waals surface area contributed by atoms with Gasteiger partial charge in [0.2, 0.25) is 0 Å². The Hall–Kier alpha value is -1.07. The van der Waals surface area contributed by atoms with Gasteiger partial charge in [-0.15, -0.1) is 0 Å². The molecule has 0 amide bonds. The largest absolute Gasteiger partial charge is 0.464 e. The van der Waals surface area contributed by atoms with Gasteiger partial charge in [-0.2, -0.15) is 0 Å². The van der Waals surface area contributed by atoms with Crippen LogP contribution in [0.1, 0.15) is 13.3 Å². The van der Waals surface area contributed by atoms with E-state index in [0.717, 1.165) is 0 Å². The Bertz CT molecular complexity index is 549. The van der Waals surface area contributed by atoms with Gasteiger partial charge in [-0.05, 0) is 31.2 Å². The number of esters is 1. The van der Waals surface area contributed by atoms with E-state index < -0.39 is 20.6 Å². The van der Waals surface area contributed by atoms with Gasteiger partial charge in [-0.1, -0.05) is 11.6 Å². The van der Waals surface area contributed by atoms with Gasteiger partial charge in [0.15, 0.2) is 14.6 Å². The summed E-state index contributed by atoms with van der Waals surface area (Å²) in [6.45, 7) is 1.54. The minimum Gasteiger partial charge on any atom is -0.464 e. The molecule has 1 saturated heterocycles. The van der Waals surface area contributed by atoms with Crippen molar-refractivity contribution >= 4 is 27.4 Å². The second-order valence-corrected chi connectivity index (χ2v) is 6.89. The predicted molar refractivity (Wildman–Crippen MR) is 62.6 cm³/mol. The maximum atomic E-state index is 12.3. The Labute approximate surface area is 104 Å². The molecule has 0 aliphatic carbocycles. The molecule has 0 spiro atoms. The lowest BCUT2D eigenvalue weighted by atomic mass is 10.1. The maximum Gasteiger partial charge on any atom is 0.327 e. The summed E-state index contributed by atoms with van der Waals surface area (Å²) in [5, 5.41) is 0.447. The molecule has 0 saturated carbocycles. The Morgan fingerprint density at radius 2 is 1.88 bits per heavy atom. The number of cyclic esters (lactones) is 1. The third-order valence-corrected chi connectivity index (χ3v) is 5.66. The number of rotatable bonds is 2. The van der Waals surface area contributed by atoms with Crippen molar-refractivity contribution in [2.75, 3.05) is 6.61 Å². The smallest absolute Gasteiger partial charge is 0.327 e. The van der Waals surface area contributed by atoms with Crippen molar-refractivity contribution in [1.82, 2.24) is 0 Å². The molecule has 1 aromatic rings. The fourth-order valence-electron chi connectivity index (χ4n) is 1.71. The number of ether oxygens (including phenoxy) is 1. The van der Waals surface area contributed by atoms with E-state index in [-0.39, 0.29) is 17.9 Å². The van der Waals surface area contributed by atoms with Crippen molar-refractivity contribution in [1.29, 1.82) is 0 Å². The van der Waals surface area contributed by atoms with E-state index in [1.54, 1.807) is 0 Å². The summed E-state index contributed by atoms with van der Waals surface area (Å²) < 4.78 is 27.9. The molecular formula is C11H11ClO4S. The molecular weight excluding hydrogens is 264 g/mol. The predicted octanol–water partition coefficient (Wildman–Crippen LogP) is 1.82. The lowest BCUT2D eigenvalue weighted by Gasteiger charge is -2.19. The lowest BCUT2D eigenvalue weighted by molar-refractivity contribution is -0.139. The molecule has 0 bridgehead atoms. The highest BCUT2D eigenvalue weighted by atomic mass is 35.5. The van der Waals surface area contributed by atoms with E-state index in [1.807, 2.05) is 0 Å². The van der Waals surface area contributed by atoms with E-state index in [0.29, 0.717) is 5.02 Å². The Kier molecular flexibility index (Phi) is 2.91. The van der Waals surface area contributed by atoms with Gasteiger partial charge in [-0.3, -0.25) is 4.79 Å². The van der Waals surface area contributed by atoms with Crippen molar-refractivity contribution in [2.45, 2.75) is 23.0 Å². The summed E-state index contributed by atoms with van der Waals surface area (Å²) in [6, 6.07) is 5.76. The summed E-state index contributed by atoms with van der Waals surface area (Å²) in [5.41, 5.74) is 0. The zero-order valence-electron chi connectivity index (χ0n) is 9.14. The summed E-state index contributed by atoms with van der Waals surface area (Å²) in [7, 11) is -3.74. The van der Waals surface area contributed by atoms with Gasteiger partial charge < -0.3 is 4.74 Å². The first-order chi connectivity index (χ1) is 7.88. The summed E-state index contributed by atoms with van der Waals surface area (Å²) >= 11 is 5.70. The zero-order valence-corrected chi connectivity index (χ0v) is 10.7. The van der Waals surface area contributed by atoms with Crippen LogP contribution in [0.2, 0.25) is 5.02 Å². The van der Waals surface area contributed by atoms with E-state index in [2.05, 4.69) is 0 Å². The van der Waals surface area contributed by atoms with Crippen LogP contribution in [0.3, 0.4) is 0 Å². The van der Waals surface area contributed by atoms with Gasteiger partial charge in [0.1, 0.15) is 0 Å². The summed E-state index contributed by atoms with van der Waals surface area (Å²) in [4.78, 5) is 11.6. The van der Waals surface area contributed by atoms with E-state index in [4.69, 9.17) is 16.3 Å². The molecule has 1 fully saturated rings. The second kappa shape index (κ2) is 3.99.